The molecule has 0 bridgehead atoms. The number of carbonyl (C=O) groups excluding carboxylic acids is 1. The number of rotatable bonds is 7. The van der Waals surface area contributed by atoms with E-state index in [0.29, 0.717) is 21.8 Å². The van der Waals surface area contributed by atoms with Crippen LogP contribution in [0.2, 0.25) is 0 Å². The number of H-pyrrole nitrogens is 2. The van der Waals surface area contributed by atoms with Gasteiger partial charge in [0.1, 0.15) is 5.82 Å². The van der Waals surface area contributed by atoms with Crippen LogP contribution in [-0.2, 0) is 11.2 Å². The normalized spacial score (nSPS) is 10.9. The molecule has 0 saturated carbocycles. The summed E-state index contributed by atoms with van der Waals surface area (Å²) in [6.07, 6.45) is 1.80. The monoisotopic (exact) mass is 455 g/mol. The van der Waals surface area contributed by atoms with Crippen molar-refractivity contribution < 1.29 is 4.79 Å². The second-order valence-corrected chi connectivity index (χ2v) is 8.37. The number of benzene rings is 1. The average molecular weight is 456 g/mol. The highest BCUT2D eigenvalue weighted by Gasteiger charge is 2.17. The number of nitrogens with zero attached hydrogens (tertiary/aromatic N) is 4. The largest absolute Gasteiger partial charge is 0.325 e. The van der Waals surface area contributed by atoms with Gasteiger partial charge in [-0.15, -0.1) is 21.5 Å². The van der Waals surface area contributed by atoms with Gasteiger partial charge in [-0.05, 0) is 24.6 Å². The van der Waals surface area contributed by atoms with Crippen LogP contribution in [0, 0.1) is 6.92 Å². The minimum absolute atomic E-state index is 0.116. The third-order valence-electron chi connectivity index (χ3n) is 4.14. The molecule has 0 spiro atoms. The smallest absolute Gasteiger partial charge is 0.311 e. The van der Waals surface area contributed by atoms with E-state index in [2.05, 4.69) is 30.5 Å². The molecular weight excluding hydrogens is 438 g/mol. The van der Waals surface area contributed by atoms with E-state index in [1.165, 1.54) is 29.2 Å². The quantitative estimate of drug-likeness (QED) is 0.361. The first-order valence-electron chi connectivity index (χ1n) is 9.14. The van der Waals surface area contributed by atoms with Crippen LogP contribution < -0.4 is 16.6 Å². The minimum atomic E-state index is -0.586. The number of carbonyl (C=O) groups is 1. The van der Waals surface area contributed by atoms with E-state index in [0.717, 1.165) is 11.3 Å². The van der Waals surface area contributed by atoms with Crippen molar-refractivity contribution in [3.05, 3.63) is 79.8 Å². The summed E-state index contributed by atoms with van der Waals surface area (Å²) in [5.41, 5.74) is 1.19. The average Bonchev–Trinajstić information content (AvgIpc) is 3.35. The molecule has 10 nitrogen and oxygen atoms in total. The fourth-order valence-electron chi connectivity index (χ4n) is 2.89. The summed E-state index contributed by atoms with van der Waals surface area (Å²) < 4.78 is 1.81. The zero-order valence-electron chi connectivity index (χ0n) is 16.3. The van der Waals surface area contributed by atoms with Gasteiger partial charge in [0.2, 0.25) is 5.91 Å². The van der Waals surface area contributed by atoms with Gasteiger partial charge in [0.15, 0.2) is 10.3 Å². The molecule has 31 heavy (non-hydrogen) atoms. The Hall–Kier alpha value is -3.51. The summed E-state index contributed by atoms with van der Waals surface area (Å²) in [6.45, 7) is 1.97. The van der Waals surface area contributed by atoms with E-state index in [-0.39, 0.29) is 18.1 Å². The van der Waals surface area contributed by atoms with Crippen LogP contribution in [0.25, 0.3) is 5.69 Å². The Bertz CT molecular complexity index is 1300. The molecule has 0 aliphatic rings. The summed E-state index contributed by atoms with van der Waals surface area (Å²) >= 11 is 2.57. The second-order valence-electron chi connectivity index (χ2n) is 6.54. The van der Waals surface area contributed by atoms with Gasteiger partial charge >= 0.3 is 5.69 Å². The van der Waals surface area contributed by atoms with Gasteiger partial charge in [0, 0.05) is 35.4 Å². The Balaban J connectivity index is 1.62. The van der Waals surface area contributed by atoms with Crippen LogP contribution in [0.1, 0.15) is 17.1 Å². The molecule has 0 saturated heterocycles. The molecule has 1 aromatic carbocycles. The van der Waals surface area contributed by atoms with Crippen LogP contribution >= 0.6 is 23.1 Å². The molecule has 0 atom stereocenters. The van der Waals surface area contributed by atoms with Gasteiger partial charge in [-0.3, -0.25) is 19.1 Å². The molecule has 0 fully saturated rings. The molecule has 0 unspecified atom stereocenters. The molecule has 3 heterocycles. The maximum absolute atomic E-state index is 12.3. The van der Waals surface area contributed by atoms with E-state index in [1.54, 1.807) is 11.6 Å². The van der Waals surface area contributed by atoms with Gasteiger partial charge in [-0.1, -0.05) is 23.9 Å². The molecule has 0 aliphatic carbocycles. The van der Waals surface area contributed by atoms with Crippen molar-refractivity contribution in [1.29, 1.82) is 0 Å². The van der Waals surface area contributed by atoms with Crippen LogP contribution in [0.4, 0.5) is 5.13 Å². The summed E-state index contributed by atoms with van der Waals surface area (Å²) in [6, 6.07) is 9.06. The summed E-state index contributed by atoms with van der Waals surface area (Å²) in [5, 5.41) is 14.0. The van der Waals surface area contributed by atoms with E-state index >= 15 is 0 Å². The van der Waals surface area contributed by atoms with Gasteiger partial charge < -0.3 is 10.3 Å². The lowest BCUT2D eigenvalue weighted by atomic mass is 10.2. The lowest BCUT2D eigenvalue weighted by Crippen LogP contribution is -2.23. The number of anilines is 1. The first kappa shape index (κ1) is 20.8. The molecule has 12 heteroatoms. The van der Waals surface area contributed by atoms with Crippen molar-refractivity contribution >= 4 is 34.1 Å². The predicted octanol–water partition coefficient (Wildman–Crippen LogP) is 1.73. The summed E-state index contributed by atoms with van der Waals surface area (Å²) in [5.74, 6) is 0.430. The van der Waals surface area contributed by atoms with Crippen molar-refractivity contribution in [2.45, 2.75) is 18.5 Å². The minimum Gasteiger partial charge on any atom is -0.311 e. The number of hydrogen-bond donors (Lipinski definition) is 3. The molecule has 0 aliphatic heterocycles. The van der Waals surface area contributed by atoms with Gasteiger partial charge in [-0.25, -0.2) is 9.78 Å². The van der Waals surface area contributed by atoms with E-state index in [4.69, 9.17) is 0 Å². The Morgan fingerprint density at radius 2 is 2.10 bits per heavy atom. The summed E-state index contributed by atoms with van der Waals surface area (Å²) in [4.78, 5) is 44.3. The molecular formula is C19H17N7O3S2. The number of aromatic nitrogens is 6. The number of thiazole rings is 1. The second kappa shape index (κ2) is 9.10. The van der Waals surface area contributed by atoms with Crippen molar-refractivity contribution in [2.24, 2.45) is 0 Å². The fraction of sp³-hybridized carbons (Fsp3) is 0.158. The van der Waals surface area contributed by atoms with Gasteiger partial charge in [0.25, 0.3) is 5.56 Å². The highest BCUT2D eigenvalue weighted by molar-refractivity contribution is 7.99. The van der Waals surface area contributed by atoms with Crippen LogP contribution in [0.5, 0.6) is 0 Å². The third-order valence-corrected chi connectivity index (χ3v) is 5.75. The number of amides is 1. The Labute approximate surface area is 183 Å². The van der Waals surface area contributed by atoms with Crippen LogP contribution in [0.3, 0.4) is 0 Å². The predicted molar refractivity (Wildman–Crippen MR) is 118 cm³/mol. The van der Waals surface area contributed by atoms with Gasteiger partial charge in [-0.2, -0.15) is 0 Å². The van der Waals surface area contributed by atoms with E-state index < -0.39 is 11.2 Å². The molecule has 4 aromatic rings. The SMILES string of the molecule is Cc1cccc(-n2c(Cc3cc(=O)[nH]c(=O)[nH]3)nnc2SCC(=O)Nc2nccs2)c1. The molecule has 3 N–H and O–H groups in total. The number of aryl methyl sites for hydroxylation is 1. The topological polar surface area (TPSA) is 138 Å². The zero-order chi connectivity index (χ0) is 21.8. The van der Waals surface area contributed by atoms with E-state index in [1.807, 2.05) is 35.8 Å². The molecule has 3 aromatic heterocycles. The Morgan fingerprint density at radius 1 is 1.23 bits per heavy atom. The number of hydrogen-bond acceptors (Lipinski definition) is 8. The number of nitrogens with one attached hydrogen (secondary N) is 3. The third kappa shape index (κ3) is 5.16. The first-order chi connectivity index (χ1) is 15.0. The van der Waals surface area contributed by atoms with E-state index in [9.17, 15) is 14.4 Å². The first-order valence-corrected chi connectivity index (χ1v) is 11.0. The lowest BCUT2D eigenvalue weighted by Gasteiger charge is -2.11. The Kier molecular flexibility index (Phi) is 6.09. The number of thioether (sulfide) groups is 1. The standard InChI is InChI=1S/C19H17N7O3S2/c1-11-3-2-4-13(7-11)26-14(8-12-9-15(27)22-17(29)21-12)24-25-19(26)31-10-16(28)23-18-20-5-6-30-18/h2-7,9H,8,10H2,1H3,(H,20,23,28)(H2,21,22,27,29). The fourth-order valence-corrected chi connectivity index (χ4v) is 4.21. The van der Waals surface area contributed by atoms with Crippen molar-refractivity contribution in [3.63, 3.8) is 0 Å². The van der Waals surface area contributed by atoms with Crippen LogP contribution in [-0.4, -0.2) is 41.4 Å². The molecule has 1 amide bonds. The van der Waals surface area contributed by atoms with Gasteiger partial charge in [0.05, 0.1) is 5.75 Å². The maximum Gasteiger partial charge on any atom is 0.325 e. The molecule has 158 valence electrons. The Morgan fingerprint density at radius 3 is 2.84 bits per heavy atom. The highest BCUT2D eigenvalue weighted by atomic mass is 32.2. The zero-order valence-corrected chi connectivity index (χ0v) is 17.9. The number of aromatic amines is 2. The van der Waals surface area contributed by atoms with Crippen molar-refractivity contribution in [3.8, 4) is 5.69 Å². The maximum atomic E-state index is 12.3. The molecule has 4 rings (SSSR count). The van der Waals surface area contributed by atoms with Crippen molar-refractivity contribution in [1.82, 2.24) is 29.7 Å². The summed E-state index contributed by atoms with van der Waals surface area (Å²) in [7, 11) is 0. The highest BCUT2D eigenvalue weighted by Crippen LogP contribution is 2.24. The lowest BCUT2D eigenvalue weighted by molar-refractivity contribution is -0.113. The van der Waals surface area contributed by atoms with Crippen LogP contribution in [0.15, 0.2) is 56.7 Å². The van der Waals surface area contributed by atoms with Crippen molar-refractivity contribution in [2.75, 3.05) is 11.1 Å². The molecule has 0 radical (unpaired) electrons.